The predicted molar refractivity (Wildman–Crippen MR) is 62.3 cm³/mol. The average molecular weight is 272 g/mol. The highest BCUT2D eigenvalue weighted by molar-refractivity contribution is 9.10. The minimum Gasteiger partial charge on any atom is -0.325 e. The number of pyridine rings is 1. The first-order valence-electron chi connectivity index (χ1n) is 4.15. The quantitative estimate of drug-likeness (QED) is 0.865. The van der Waals surface area contributed by atoms with Crippen molar-refractivity contribution in [3.05, 3.63) is 39.6 Å². The summed E-state index contributed by atoms with van der Waals surface area (Å²) < 4.78 is 0.942. The number of nitrogens with two attached hydrogens (primary N) is 1. The average Bonchev–Trinajstić information content (AvgIpc) is 2.17. The fourth-order valence-corrected chi connectivity index (χ4v) is 2.30. The fraction of sp³-hybridized carbons (Fsp3) is 0.100. The lowest BCUT2D eigenvalue weighted by atomic mass is 10.1. The van der Waals surface area contributed by atoms with Gasteiger partial charge in [0.05, 0.1) is 5.69 Å². The van der Waals surface area contributed by atoms with E-state index in [2.05, 4.69) is 20.9 Å². The molecule has 0 bridgehead atoms. The maximum absolute atomic E-state index is 6.09. The van der Waals surface area contributed by atoms with Gasteiger partial charge >= 0.3 is 0 Å². The molecule has 0 unspecified atom stereocenters. The van der Waals surface area contributed by atoms with Crippen molar-refractivity contribution < 1.29 is 0 Å². The van der Waals surface area contributed by atoms with Crippen molar-refractivity contribution in [3.63, 3.8) is 0 Å². The van der Waals surface area contributed by atoms with E-state index in [1.54, 1.807) is 6.20 Å². The van der Waals surface area contributed by atoms with Crippen molar-refractivity contribution in [2.75, 3.05) is 0 Å². The summed E-state index contributed by atoms with van der Waals surface area (Å²) in [6.45, 7) is 0.421. The lowest BCUT2D eigenvalue weighted by Crippen LogP contribution is -2.00. The second-order valence-corrected chi connectivity index (χ2v) is 4.27. The van der Waals surface area contributed by atoms with Crippen LogP contribution in [0.5, 0.6) is 0 Å². The van der Waals surface area contributed by atoms with Gasteiger partial charge in [0.1, 0.15) is 0 Å². The number of fused-ring (bicyclic) bond motifs is 1. The molecule has 1 aromatic carbocycles. The van der Waals surface area contributed by atoms with Crippen LogP contribution in [0.4, 0.5) is 0 Å². The first kappa shape index (κ1) is 9.90. The van der Waals surface area contributed by atoms with E-state index in [9.17, 15) is 0 Å². The van der Waals surface area contributed by atoms with E-state index in [1.165, 1.54) is 0 Å². The third kappa shape index (κ3) is 1.63. The second kappa shape index (κ2) is 3.85. The van der Waals surface area contributed by atoms with Crippen LogP contribution in [0.2, 0.25) is 5.02 Å². The lowest BCUT2D eigenvalue weighted by molar-refractivity contribution is 1.01. The van der Waals surface area contributed by atoms with Crippen LogP contribution in [-0.2, 0) is 6.54 Å². The van der Waals surface area contributed by atoms with Crippen LogP contribution in [-0.4, -0.2) is 4.98 Å². The van der Waals surface area contributed by atoms with E-state index in [0.717, 1.165) is 20.9 Å². The van der Waals surface area contributed by atoms with Crippen molar-refractivity contribution in [1.29, 1.82) is 0 Å². The molecule has 2 N–H and O–H groups in total. The van der Waals surface area contributed by atoms with E-state index in [0.29, 0.717) is 11.6 Å². The van der Waals surface area contributed by atoms with Gasteiger partial charge in [0.15, 0.2) is 0 Å². The van der Waals surface area contributed by atoms with Crippen molar-refractivity contribution in [3.8, 4) is 0 Å². The number of aromatic nitrogens is 1. The highest BCUT2D eigenvalue weighted by Gasteiger charge is 2.05. The topological polar surface area (TPSA) is 38.9 Å². The molecular formula is C10H8BrClN2. The van der Waals surface area contributed by atoms with E-state index in [1.807, 2.05) is 18.2 Å². The molecule has 72 valence electrons. The number of halogens is 2. The Morgan fingerprint density at radius 3 is 2.86 bits per heavy atom. The zero-order valence-corrected chi connectivity index (χ0v) is 9.64. The summed E-state index contributed by atoms with van der Waals surface area (Å²) in [5.41, 5.74) is 6.46. The monoisotopic (exact) mass is 270 g/mol. The third-order valence-electron chi connectivity index (χ3n) is 2.07. The molecule has 0 amide bonds. The molecule has 0 spiro atoms. The van der Waals surface area contributed by atoms with Crippen LogP contribution in [0.25, 0.3) is 10.8 Å². The van der Waals surface area contributed by atoms with Crippen molar-refractivity contribution in [2.24, 2.45) is 5.73 Å². The van der Waals surface area contributed by atoms with Crippen molar-refractivity contribution >= 4 is 38.3 Å². The van der Waals surface area contributed by atoms with Crippen LogP contribution in [0.1, 0.15) is 5.69 Å². The van der Waals surface area contributed by atoms with Gasteiger partial charge in [-0.05, 0) is 18.2 Å². The predicted octanol–water partition coefficient (Wildman–Crippen LogP) is 3.11. The molecule has 0 atom stereocenters. The summed E-state index contributed by atoms with van der Waals surface area (Å²) in [7, 11) is 0. The summed E-state index contributed by atoms with van der Waals surface area (Å²) >= 11 is 9.49. The maximum Gasteiger partial charge on any atom is 0.0618 e. The number of rotatable bonds is 1. The van der Waals surface area contributed by atoms with Gasteiger partial charge in [-0.15, -0.1) is 0 Å². The first-order chi connectivity index (χ1) is 6.72. The van der Waals surface area contributed by atoms with Gasteiger partial charge in [0.25, 0.3) is 0 Å². The summed E-state index contributed by atoms with van der Waals surface area (Å²) in [6.07, 6.45) is 1.73. The van der Waals surface area contributed by atoms with Crippen LogP contribution in [0.3, 0.4) is 0 Å². The van der Waals surface area contributed by atoms with Crippen LogP contribution in [0.15, 0.2) is 28.9 Å². The highest BCUT2D eigenvalue weighted by Crippen LogP contribution is 2.29. The van der Waals surface area contributed by atoms with Crippen LogP contribution in [0, 0.1) is 0 Å². The molecule has 0 aliphatic heterocycles. The van der Waals surface area contributed by atoms with Gasteiger partial charge in [-0.3, -0.25) is 4.98 Å². The van der Waals surface area contributed by atoms with Gasteiger partial charge in [-0.1, -0.05) is 27.5 Å². The molecule has 2 nitrogen and oxygen atoms in total. The molecule has 1 heterocycles. The Morgan fingerprint density at radius 1 is 1.36 bits per heavy atom. The molecule has 0 aliphatic carbocycles. The largest absolute Gasteiger partial charge is 0.325 e. The number of benzene rings is 1. The molecule has 2 rings (SSSR count). The van der Waals surface area contributed by atoms with Gasteiger partial charge in [-0.25, -0.2) is 0 Å². The van der Waals surface area contributed by atoms with E-state index < -0.39 is 0 Å². The SMILES string of the molecule is NCc1nccc2c(Cl)cc(Br)cc12. The Bertz CT molecular complexity index is 485. The van der Waals surface area contributed by atoms with Crippen LogP contribution < -0.4 is 5.73 Å². The third-order valence-corrected chi connectivity index (χ3v) is 2.84. The van der Waals surface area contributed by atoms with Crippen molar-refractivity contribution in [1.82, 2.24) is 4.98 Å². The maximum atomic E-state index is 6.09. The van der Waals surface area contributed by atoms with Gasteiger partial charge < -0.3 is 5.73 Å². The van der Waals surface area contributed by atoms with Crippen molar-refractivity contribution in [2.45, 2.75) is 6.54 Å². The Morgan fingerprint density at radius 2 is 2.14 bits per heavy atom. The lowest BCUT2D eigenvalue weighted by Gasteiger charge is -2.05. The first-order valence-corrected chi connectivity index (χ1v) is 5.32. The smallest absolute Gasteiger partial charge is 0.0618 e. The van der Waals surface area contributed by atoms with Gasteiger partial charge in [0, 0.05) is 33.0 Å². The molecule has 0 saturated carbocycles. The van der Waals surface area contributed by atoms with Crippen LogP contribution >= 0.6 is 27.5 Å². The molecule has 1 aromatic heterocycles. The molecule has 14 heavy (non-hydrogen) atoms. The number of hydrogen-bond acceptors (Lipinski definition) is 2. The highest BCUT2D eigenvalue weighted by atomic mass is 79.9. The van der Waals surface area contributed by atoms with Gasteiger partial charge in [0.2, 0.25) is 0 Å². The minimum absolute atomic E-state index is 0.421. The molecular weight excluding hydrogens is 263 g/mol. The molecule has 0 saturated heterocycles. The van der Waals surface area contributed by atoms with E-state index in [4.69, 9.17) is 17.3 Å². The molecule has 4 heteroatoms. The van der Waals surface area contributed by atoms with E-state index >= 15 is 0 Å². The van der Waals surface area contributed by atoms with Gasteiger partial charge in [-0.2, -0.15) is 0 Å². The molecule has 2 aromatic rings. The minimum atomic E-state index is 0.421. The molecule has 0 fully saturated rings. The Balaban J connectivity index is 2.86. The zero-order valence-electron chi connectivity index (χ0n) is 7.30. The summed E-state index contributed by atoms with van der Waals surface area (Å²) in [5, 5.41) is 2.71. The molecule has 0 radical (unpaired) electrons. The summed E-state index contributed by atoms with van der Waals surface area (Å²) in [6, 6.07) is 5.74. The Hall–Kier alpha value is -0.640. The Kier molecular flexibility index (Phi) is 2.72. The summed E-state index contributed by atoms with van der Waals surface area (Å²) in [4.78, 5) is 4.20. The normalized spacial score (nSPS) is 10.8. The second-order valence-electron chi connectivity index (χ2n) is 2.94. The van der Waals surface area contributed by atoms with E-state index in [-0.39, 0.29) is 0 Å². The molecule has 0 aliphatic rings. The number of nitrogens with zero attached hydrogens (tertiary/aromatic N) is 1. The summed E-state index contributed by atoms with van der Waals surface area (Å²) in [5.74, 6) is 0. The standard InChI is InChI=1S/C10H8BrClN2/c11-6-3-8-7(9(12)4-6)1-2-14-10(8)5-13/h1-4H,5,13H2. The zero-order chi connectivity index (χ0) is 10.1. The fourth-order valence-electron chi connectivity index (χ4n) is 1.43. The number of hydrogen-bond donors (Lipinski definition) is 1. The Labute approximate surface area is 95.2 Å².